The first-order chi connectivity index (χ1) is 30.2. The van der Waals surface area contributed by atoms with E-state index in [2.05, 4.69) is 35.2 Å². The van der Waals surface area contributed by atoms with Crippen molar-refractivity contribution in [2.45, 2.75) is 50.1 Å². The van der Waals surface area contributed by atoms with Crippen molar-refractivity contribution in [2.24, 2.45) is 13.0 Å². The second kappa shape index (κ2) is 15.3. The van der Waals surface area contributed by atoms with E-state index in [9.17, 15) is 39.6 Å². The molecule has 1 fully saturated rings. The Hall–Kier alpha value is -6.49. The van der Waals surface area contributed by atoms with Crippen LogP contribution < -0.4 is 15.6 Å². The van der Waals surface area contributed by atoms with E-state index in [4.69, 9.17) is 11.6 Å². The molecule has 1 amide bonds. The van der Waals surface area contributed by atoms with Gasteiger partial charge in [0.15, 0.2) is 11.5 Å². The van der Waals surface area contributed by atoms with Crippen molar-refractivity contribution in [3.8, 4) is 16.9 Å². The fourth-order valence-electron chi connectivity index (χ4n) is 8.34. The molecule has 2 aliphatic rings. The van der Waals surface area contributed by atoms with E-state index in [0.29, 0.717) is 10.7 Å². The Morgan fingerprint density at radius 3 is 2.42 bits per heavy atom. The van der Waals surface area contributed by atoms with Crippen LogP contribution in [0.15, 0.2) is 65.6 Å². The van der Waals surface area contributed by atoms with Crippen molar-refractivity contribution >= 4 is 55.3 Å². The Morgan fingerprint density at radius 2 is 1.73 bits per heavy atom. The van der Waals surface area contributed by atoms with Crippen molar-refractivity contribution in [1.82, 2.24) is 44.4 Å². The maximum Gasteiger partial charge on any atom is 0.293 e. The molecule has 3 atom stereocenters. The lowest BCUT2D eigenvalue weighted by Crippen LogP contribution is -2.38. The summed E-state index contributed by atoms with van der Waals surface area (Å²) in [6, 6.07) is 8.49. The van der Waals surface area contributed by atoms with Crippen LogP contribution in [-0.2, 0) is 40.8 Å². The first-order valence-corrected chi connectivity index (χ1v) is 21.3. The number of rotatable bonds is 12. The zero-order chi connectivity index (χ0) is 45.7. The van der Waals surface area contributed by atoms with Crippen LogP contribution in [0.5, 0.6) is 0 Å². The highest BCUT2D eigenvalue weighted by Crippen LogP contribution is 2.68. The number of hydrogen-bond acceptors (Lipinski definition) is 9. The lowest BCUT2D eigenvalue weighted by Gasteiger charge is -2.24. The Balaban J connectivity index is 1.26. The van der Waals surface area contributed by atoms with Crippen molar-refractivity contribution < 1.29 is 48.3 Å². The summed E-state index contributed by atoms with van der Waals surface area (Å²) in [5, 5.41) is 10.2. The molecular formula is C40H29ClF8N10O4S. The summed E-state index contributed by atoms with van der Waals surface area (Å²) in [5.74, 6) is -9.55. The maximum absolute atomic E-state index is 15.5. The van der Waals surface area contributed by atoms with Crippen LogP contribution >= 0.6 is 11.6 Å². The molecule has 24 heteroatoms. The van der Waals surface area contributed by atoms with E-state index in [-0.39, 0.29) is 67.3 Å². The summed E-state index contributed by atoms with van der Waals surface area (Å²) in [4.78, 5) is 42.1. The predicted molar refractivity (Wildman–Crippen MR) is 214 cm³/mol. The van der Waals surface area contributed by atoms with E-state index < -0.39 is 106 Å². The van der Waals surface area contributed by atoms with Gasteiger partial charge in [-0.2, -0.15) is 19.0 Å². The van der Waals surface area contributed by atoms with Gasteiger partial charge < -0.3 is 5.32 Å². The van der Waals surface area contributed by atoms with Gasteiger partial charge in [-0.1, -0.05) is 17.7 Å². The number of halogens is 9. The van der Waals surface area contributed by atoms with Gasteiger partial charge in [0.05, 0.1) is 45.0 Å². The van der Waals surface area contributed by atoms with Crippen LogP contribution in [0.1, 0.15) is 65.3 Å². The average Bonchev–Trinajstić information content (AvgIpc) is 3.76. The molecule has 7 aromatic rings. The van der Waals surface area contributed by atoms with Gasteiger partial charge in [-0.05, 0) is 60.4 Å². The summed E-state index contributed by atoms with van der Waals surface area (Å²) < 4.78 is 146. The third kappa shape index (κ3) is 7.48. The highest BCUT2D eigenvalue weighted by Gasteiger charge is 2.67. The second-order valence-corrected chi connectivity index (χ2v) is 17.5. The lowest BCUT2D eigenvalue weighted by atomic mass is 10.0. The molecule has 2 aliphatic carbocycles. The van der Waals surface area contributed by atoms with Crippen molar-refractivity contribution in [1.29, 1.82) is 0 Å². The predicted octanol–water partition coefficient (Wildman–Crippen LogP) is 7.41. The summed E-state index contributed by atoms with van der Waals surface area (Å²) >= 11 is 6.60. The van der Waals surface area contributed by atoms with Crippen LogP contribution in [0.3, 0.4) is 0 Å². The largest absolute Gasteiger partial charge is 0.344 e. The molecular weight excluding hydrogens is 904 g/mol. The molecule has 0 radical (unpaired) electrons. The van der Waals surface area contributed by atoms with Crippen molar-refractivity contribution in [2.75, 3.05) is 11.0 Å². The van der Waals surface area contributed by atoms with Gasteiger partial charge in [0.1, 0.15) is 41.1 Å². The van der Waals surface area contributed by atoms with Gasteiger partial charge in [-0.3, -0.25) is 28.2 Å². The third-order valence-electron chi connectivity index (χ3n) is 10.9. The van der Waals surface area contributed by atoms with Crippen LogP contribution in [0.2, 0.25) is 5.02 Å². The van der Waals surface area contributed by atoms with Crippen LogP contribution in [-0.4, -0.2) is 59.7 Å². The number of sulfonamides is 1. The summed E-state index contributed by atoms with van der Waals surface area (Å²) in [6.45, 7) is -1.05. The van der Waals surface area contributed by atoms with Gasteiger partial charge in [0.25, 0.3) is 24.3 Å². The zero-order valence-electron chi connectivity index (χ0n) is 32.8. The van der Waals surface area contributed by atoms with Crippen molar-refractivity contribution in [3.63, 3.8) is 0 Å². The number of aryl methyl sites for hydroxylation is 1. The molecule has 0 saturated heterocycles. The SMILES string of the molecule is Cn1nc(NS(C)(=O)=O)c2c(Cl)ccc(-n3c([C@H](Cc4cc(F)cc(F)c4)NC(=O)Cn4nc(C(F)F)c5c4C(F)(F)[C@@H]4C[C@H]54)nc4ncc(-c5cccc(C(F)F)n5)cc4c3=O)c21. The van der Waals surface area contributed by atoms with Gasteiger partial charge in [-0.15, -0.1) is 0 Å². The minimum absolute atomic E-state index is 0.000456. The van der Waals surface area contributed by atoms with Crippen LogP contribution in [0.4, 0.5) is 40.9 Å². The number of carbonyl (C=O) groups excluding carboxylic acids is 1. The Bertz CT molecular complexity index is 3250. The zero-order valence-corrected chi connectivity index (χ0v) is 34.4. The minimum atomic E-state index is -3.97. The fraction of sp³-hybridized carbons (Fsp3) is 0.275. The second-order valence-electron chi connectivity index (χ2n) is 15.4. The summed E-state index contributed by atoms with van der Waals surface area (Å²) in [7, 11) is -2.59. The van der Waals surface area contributed by atoms with Crippen LogP contribution in [0.25, 0.3) is 38.9 Å². The number of hydrogen-bond donors (Lipinski definition) is 2. The first kappa shape index (κ1) is 42.8. The quantitative estimate of drug-likeness (QED) is 0.118. The van der Waals surface area contributed by atoms with Gasteiger partial charge >= 0.3 is 0 Å². The Kier molecular flexibility index (Phi) is 10.3. The summed E-state index contributed by atoms with van der Waals surface area (Å²) in [5.41, 5.74) is -3.98. The topological polar surface area (TPSA) is 172 Å². The standard InChI is InChI=1S/C40H29ClF8N10O4S/c1-57-32-27(7-6-23(41)30(32)37(55-57)56-64(2,62)63)59-38(53-36-21(39(59)61)11-17(14-50-36)24-4-3-5-25(51-24)34(44)45)26(10-16-8-18(42)12-19(43)9-16)52-28(60)15-58-33-29(31(54-58)35(46)47)20-13-22(20)40(33,48)49/h3-9,11-12,14,20,22,26,34-35H,10,13,15H2,1-2H3,(H,52,60)(H,55,56)/t20-,22+,26-/m0/s1. The monoisotopic (exact) mass is 932 g/mol. The number of anilines is 1. The number of amides is 1. The molecule has 0 spiro atoms. The molecule has 9 rings (SSSR count). The number of fused-ring (bicyclic) bond motifs is 5. The molecule has 5 heterocycles. The highest BCUT2D eigenvalue weighted by molar-refractivity contribution is 7.92. The number of pyridine rings is 2. The highest BCUT2D eigenvalue weighted by atomic mass is 35.5. The van der Waals surface area contributed by atoms with E-state index in [0.717, 1.165) is 29.0 Å². The molecule has 64 heavy (non-hydrogen) atoms. The molecule has 5 aromatic heterocycles. The van der Waals surface area contributed by atoms with Gasteiger partial charge in [0.2, 0.25) is 15.9 Å². The first-order valence-electron chi connectivity index (χ1n) is 19.0. The Labute approximate surface area is 360 Å². The number of nitrogens with zero attached hydrogens (tertiary/aromatic N) is 8. The number of aromatic nitrogens is 8. The number of nitrogens with one attached hydrogen (secondary N) is 2. The number of alkyl halides is 6. The van der Waals surface area contributed by atoms with E-state index in [1.165, 1.54) is 48.3 Å². The molecule has 2 N–H and O–H groups in total. The van der Waals surface area contributed by atoms with Crippen LogP contribution in [0, 0.1) is 17.6 Å². The number of carbonyl (C=O) groups is 1. The Morgan fingerprint density at radius 1 is 1.00 bits per heavy atom. The van der Waals surface area contributed by atoms with E-state index >= 15 is 13.6 Å². The molecule has 332 valence electrons. The number of benzene rings is 2. The molecule has 2 aromatic carbocycles. The molecule has 0 bridgehead atoms. The van der Waals surface area contributed by atoms with Gasteiger partial charge in [0, 0.05) is 42.8 Å². The molecule has 14 nitrogen and oxygen atoms in total. The smallest absolute Gasteiger partial charge is 0.293 e. The fourth-order valence-corrected chi connectivity index (χ4v) is 9.07. The van der Waals surface area contributed by atoms with E-state index in [1.54, 1.807) is 0 Å². The molecule has 0 unspecified atom stereocenters. The van der Waals surface area contributed by atoms with Crippen molar-refractivity contribution in [3.05, 3.63) is 122 Å². The molecule has 0 aliphatic heterocycles. The van der Waals surface area contributed by atoms with E-state index in [1.807, 2.05) is 0 Å². The third-order valence-corrected chi connectivity index (χ3v) is 11.8. The minimum Gasteiger partial charge on any atom is -0.344 e. The molecule has 1 saturated carbocycles. The summed E-state index contributed by atoms with van der Waals surface area (Å²) in [6.07, 6.45) is -4.73. The normalized spacial score (nSPS) is 17.0. The van der Waals surface area contributed by atoms with Gasteiger partial charge in [-0.25, -0.2) is 49.7 Å². The lowest BCUT2D eigenvalue weighted by molar-refractivity contribution is -0.123. The average molecular weight is 933 g/mol. The maximum atomic E-state index is 15.5.